The lowest BCUT2D eigenvalue weighted by Crippen LogP contribution is -1.97. The zero-order chi connectivity index (χ0) is 18.5. The van der Waals surface area contributed by atoms with Crippen LogP contribution in [0.5, 0.6) is 5.75 Å². The number of hydrogen-bond donors (Lipinski definition) is 0. The highest BCUT2D eigenvalue weighted by Gasteiger charge is 1.95. The van der Waals surface area contributed by atoms with E-state index in [1.54, 1.807) is 0 Å². The van der Waals surface area contributed by atoms with Crippen LogP contribution in [0, 0.1) is 23.7 Å². The molecule has 1 nitrogen and oxygen atoms in total. The number of rotatable bonds is 8. The molecule has 0 fully saturated rings. The Morgan fingerprint density at radius 3 is 1.73 bits per heavy atom. The van der Waals surface area contributed by atoms with Crippen LogP contribution in [-0.4, -0.2) is 6.61 Å². The molecule has 26 heavy (non-hydrogen) atoms. The highest BCUT2D eigenvalue weighted by molar-refractivity contribution is 5.46. The van der Waals surface area contributed by atoms with Crippen molar-refractivity contribution < 1.29 is 4.74 Å². The fraction of sp³-hybridized carbons (Fsp3) is 0.360. The van der Waals surface area contributed by atoms with E-state index in [4.69, 9.17) is 4.74 Å². The second-order valence-electron chi connectivity index (χ2n) is 6.34. The molecule has 0 bridgehead atoms. The fourth-order valence-corrected chi connectivity index (χ4v) is 2.63. The van der Waals surface area contributed by atoms with E-state index >= 15 is 0 Å². The minimum atomic E-state index is 0.796. The van der Waals surface area contributed by atoms with Crippen LogP contribution in [0.1, 0.15) is 69.1 Å². The molecule has 0 aliphatic heterocycles. The molecule has 0 aromatic heterocycles. The van der Waals surface area contributed by atoms with Gasteiger partial charge in [0.2, 0.25) is 0 Å². The number of unbranched alkanes of at least 4 members (excludes halogenated alkanes) is 5. The van der Waals surface area contributed by atoms with E-state index in [1.165, 1.54) is 32.1 Å². The summed E-state index contributed by atoms with van der Waals surface area (Å²) in [6.45, 7) is 4.88. The summed E-state index contributed by atoms with van der Waals surface area (Å²) < 4.78 is 5.81. The van der Waals surface area contributed by atoms with E-state index in [9.17, 15) is 0 Å². The first-order chi connectivity index (χ1) is 12.8. The molecule has 0 aliphatic carbocycles. The van der Waals surface area contributed by atoms with E-state index in [2.05, 4.69) is 30.6 Å². The first-order valence-electron chi connectivity index (χ1n) is 9.59. The molecule has 0 atom stereocenters. The minimum Gasteiger partial charge on any atom is -0.494 e. The quantitative estimate of drug-likeness (QED) is 0.409. The van der Waals surface area contributed by atoms with E-state index in [0.717, 1.165) is 35.5 Å². The molecule has 0 saturated carbocycles. The van der Waals surface area contributed by atoms with Crippen molar-refractivity contribution >= 4 is 0 Å². The zero-order valence-electron chi connectivity index (χ0n) is 16.0. The average Bonchev–Trinajstić information content (AvgIpc) is 2.68. The zero-order valence-corrected chi connectivity index (χ0v) is 16.0. The molecule has 2 aromatic carbocycles. The van der Waals surface area contributed by atoms with Gasteiger partial charge in [-0.05, 0) is 61.9 Å². The van der Waals surface area contributed by atoms with Crippen molar-refractivity contribution in [1.29, 1.82) is 0 Å². The van der Waals surface area contributed by atoms with E-state index < -0.39 is 0 Å². The predicted octanol–water partition coefficient (Wildman–Crippen LogP) is 6.20. The van der Waals surface area contributed by atoms with Crippen LogP contribution in [0.25, 0.3) is 0 Å². The van der Waals surface area contributed by atoms with Gasteiger partial charge in [0.25, 0.3) is 0 Å². The Bertz CT molecular complexity index is 761. The summed E-state index contributed by atoms with van der Waals surface area (Å²) >= 11 is 0. The van der Waals surface area contributed by atoms with Crippen LogP contribution in [0.3, 0.4) is 0 Å². The highest BCUT2D eigenvalue weighted by Crippen LogP contribution is 2.13. The molecule has 0 spiro atoms. The van der Waals surface area contributed by atoms with Gasteiger partial charge < -0.3 is 4.74 Å². The molecule has 134 valence electrons. The largest absolute Gasteiger partial charge is 0.494 e. The SMILES string of the molecule is CC#Cc1ccc(C#Cc2ccc(OCCCCCCCC)cc2)cc1. The molecule has 0 radical (unpaired) electrons. The Balaban J connectivity index is 1.77. The Morgan fingerprint density at radius 2 is 1.15 bits per heavy atom. The maximum absolute atomic E-state index is 5.81. The van der Waals surface area contributed by atoms with Crippen LogP contribution in [0.4, 0.5) is 0 Å². The Hall–Kier alpha value is -2.64. The average molecular weight is 344 g/mol. The number of benzene rings is 2. The third-order valence-corrected chi connectivity index (χ3v) is 4.13. The molecule has 2 aromatic rings. The van der Waals surface area contributed by atoms with E-state index in [0.29, 0.717) is 0 Å². The van der Waals surface area contributed by atoms with Gasteiger partial charge in [-0.3, -0.25) is 0 Å². The Labute approximate surface area is 158 Å². The van der Waals surface area contributed by atoms with Crippen LogP contribution in [0.15, 0.2) is 48.5 Å². The molecule has 0 N–H and O–H groups in total. The summed E-state index contributed by atoms with van der Waals surface area (Å²) in [5.41, 5.74) is 3.01. The lowest BCUT2D eigenvalue weighted by molar-refractivity contribution is 0.304. The summed E-state index contributed by atoms with van der Waals surface area (Å²) in [4.78, 5) is 0. The van der Waals surface area contributed by atoms with E-state index in [1.807, 2.05) is 55.5 Å². The lowest BCUT2D eigenvalue weighted by atomic mass is 10.1. The summed E-state index contributed by atoms with van der Waals surface area (Å²) in [6, 6.07) is 16.0. The van der Waals surface area contributed by atoms with Crippen LogP contribution in [-0.2, 0) is 0 Å². The molecule has 0 amide bonds. The molecular formula is C25H28O. The molecule has 1 heteroatoms. The van der Waals surface area contributed by atoms with Crippen LogP contribution >= 0.6 is 0 Å². The molecule has 0 unspecified atom stereocenters. The standard InChI is InChI=1S/C25H28O/c1-3-5-6-7-8-9-21-26-25-19-17-24(18-20-25)16-15-23-13-11-22(10-4-2)12-14-23/h11-14,17-20H,3,5-9,21H2,1-2H3. The summed E-state index contributed by atoms with van der Waals surface area (Å²) in [6.07, 6.45) is 7.69. The maximum Gasteiger partial charge on any atom is 0.119 e. The maximum atomic E-state index is 5.81. The van der Waals surface area contributed by atoms with Gasteiger partial charge in [0.05, 0.1) is 6.61 Å². The molecule has 0 heterocycles. The summed E-state index contributed by atoms with van der Waals surface area (Å²) in [5.74, 6) is 13.2. The molecular weight excluding hydrogens is 316 g/mol. The van der Waals surface area contributed by atoms with Gasteiger partial charge in [0.15, 0.2) is 0 Å². The fourth-order valence-electron chi connectivity index (χ4n) is 2.63. The summed E-state index contributed by atoms with van der Waals surface area (Å²) in [7, 11) is 0. The molecule has 0 saturated heterocycles. The third-order valence-electron chi connectivity index (χ3n) is 4.13. The smallest absolute Gasteiger partial charge is 0.119 e. The van der Waals surface area contributed by atoms with Gasteiger partial charge >= 0.3 is 0 Å². The van der Waals surface area contributed by atoms with Gasteiger partial charge in [0.1, 0.15) is 5.75 Å². The Kier molecular flexibility index (Phi) is 8.96. The Morgan fingerprint density at radius 1 is 0.654 bits per heavy atom. The first kappa shape index (κ1) is 19.7. The van der Waals surface area contributed by atoms with Crippen molar-refractivity contribution in [1.82, 2.24) is 0 Å². The first-order valence-corrected chi connectivity index (χ1v) is 9.59. The second kappa shape index (κ2) is 11.8. The molecule has 0 aliphatic rings. The van der Waals surface area contributed by atoms with E-state index in [-0.39, 0.29) is 0 Å². The lowest BCUT2D eigenvalue weighted by Gasteiger charge is -2.06. The van der Waals surface area contributed by atoms with Crippen molar-refractivity contribution in [2.75, 3.05) is 6.61 Å². The van der Waals surface area contributed by atoms with Gasteiger partial charge in [-0.1, -0.05) is 56.8 Å². The number of hydrogen-bond acceptors (Lipinski definition) is 1. The van der Waals surface area contributed by atoms with Crippen molar-refractivity contribution in [3.8, 4) is 29.4 Å². The van der Waals surface area contributed by atoms with Gasteiger partial charge in [0, 0.05) is 16.7 Å². The predicted molar refractivity (Wildman–Crippen MR) is 110 cm³/mol. The molecule has 2 rings (SSSR count). The van der Waals surface area contributed by atoms with Gasteiger partial charge in [-0.2, -0.15) is 0 Å². The highest BCUT2D eigenvalue weighted by atomic mass is 16.5. The topological polar surface area (TPSA) is 9.23 Å². The third kappa shape index (κ3) is 7.50. The normalized spacial score (nSPS) is 9.62. The van der Waals surface area contributed by atoms with Crippen LogP contribution < -0.4 is 4.74 Å². The second-order valence-corrected chi connectivity index (χ2v) is 6.34. The van der Waals surface area contributed by atoms with Crippen molar-refractivity contribution in [3.63, 3.8) is 0 Å². The van der Waals surface area contributed by atoms with Gasteiger partial charge in [-0.15, -0.1) is 5.92 Å². The van der Waals surface area contributed by atoms with Gasteiger partial charge in [-0.25, -0.2) is 0 Å². The van der Waals surface area contributed by atoms with Crippen molar-refractivity contribution in [3.05, 3.63) is 65.2 Å². The van der Waals surface area contributed by atoms with Crippen LogP contribution in [0.2, 0.25) is 0 Å². The van der Waals surface area contributed by atoms with Crippen molar-refractivity contribution in [2.24, 2.45) is 0 Å². The number of ether oxygens (including phenoxy) is 1. The minimum absolute atomic E-state index is 0.796. The monoisotopic (exact) mass is 344 g/mol. The summed E-state index contributed by atoms with van der Waals surface area (Å²) in [5, 5.41) is 0. The van der Waals surface area contributed by atoms with Crippen molar-refractivity contribution in [2.45, 2.75) is 52.4 Å².